The summed E-state index contributed by atoms with van der Waals surface area (Å²) in [6.45, 7) is 0. The maximum absolute atomic E-state index is 10.7. The third-order valence-corrected chi connectivity index (χ3v) is 4.07. The number of hydrogen-bond acceptors (Lipinski definition) is 5. The Labute approximate surface area is 132 Å². The van der Waals surface area contributed by atoms with Crippen LogP contribution >= 0.6 is 0 Å². The van der Waals surface area contributed by atoms with E-state index < -0.39 is 6.09 Å². The molecule has 7 heteroatoms. The second-order valence-electron chi connectivity index (χ2n) is 5.64. The number of nitrogens with two attached hydrogens (primary N) is 1. The molecule has 1 fully saturated rings. The first-order chi connectivity index (χ1) is 11.2. The number of fused-ring (bicyclic) bond motifs is 1. The summed E-state index contributed by atoms with van der Waals surface area (Å²) in [5.74, 6) is 0. The van der Waals surface area contributed by atoms with Crippen LogP contribution in [0.3, 0.4) is 0 Å². The van der Waals surface area contributed by atoms with Crippen LogP contribution in [0.1, 0.15) is 18.9 Å². The Hall–Kier alpha value is -2.96. The first-order valence-electron chi connectivity index (χ1n) is 7.41. The number of carbonyl (C=O) groups is 1. The van der Waals surface area contributed by atoms with Crippen molar-refractivity contribution in [2.45, 2.75) is 25.0 Å². The summed E-state index contributed by atoms with van der Waals surface area (Å²) in [6, 6.07) is 7.98. The van der Waals surface area contributed by atoms with E-state index in [-0.39, 0.29) is 12.1 Å². The maximum atomic E-state index is 10.7. The zero-order valence-electron chi connectivity index (χ0n) is 12.3. The van der Waals surface area contributed by atoms with Crippen LogP contribution in [0.25, 0.3) is 22.3 Å². The number of ether oxygens (including phenoxy) is 1. The molecule has 1 aliphatic rings. The highest BCUT2D eigenvalue weighted by atomic mass is 16.6. The third kappa shape index (κ3) is 2.61. The van der Waals surface area contributed by atoms with Gasteiger partial charge in [0, 0.05) is 24.6 Å². The normalized spacial score (nSPS) is 20.2. The zero-order valence-corrected chi connectivity index (χ0v) is 12.3. The average Bonchev–Trinajstić information content (AvgIpc) is 2.99. The van der Waals surface area contributed by atoms with Crippen molar-refractivity contribution in [1.82, 2.24) is 19.7 Å². The first kappa shape index (κ1) is 13.7. The smallest absolute Gasteiger partial charge is 0.404 e. The van der Waals surface area contributed by atoms with Crippen molar-refractivity contribution in [1.29, 1.82) is 0 Å². The highest BCUT2D eigenvalue weighted by molar-refractivity contribution is 5.76. The molecule has 0 aliphatic heterocycles. The number of rotatable bonds is 3. The van der Waals surface area contributed by atoms with Gasteiger partial charge >= 0.3 is 6.09 Å². The topological polar surface area (TPSA) is 95.9 Å². The number of amides is 1. The van der Waals surface area contributed by atoms with Gasteiger partial charge in [-0.15, -0.1) is 0 Å². The third-order valence-electron chi connectivity index (χ3n) is 4.07. The van der Waals surface area contributed by atoms with Crippen LogP contribution in [0.5, 0.6) is 0 Å². The van der Waals surface area contributed by atoms with Crippen molar-refractivity contribution in [2.75, 3.05) is 0 Å². The molecule has 0 radical (unpaired) electrons. The molecule has 0 spiro atoms. The lowest BCUT2D eigenvalue weighted by molar-refractivity contribution is 0.0231. The van der Waals surface area contributed by atoms with E-state index in [2.05, 4.69) is 15.1 Å². The van der Waals surface area contributed by atoms with Crippen molar-refractivity contribution in [3.8, 4) is 11.3 Å². The molecule has 2 heterocycles. The molecule has 0 saturated heterocycles. The lowest BCUT2D eigenvalue weighted by Crippen LogP contribution is -2.36. The lowest BCUT2D eigenvalue weighted by atomic mass is 9.89. The lowest BCUT2D eigenvalue weighted by Gasteiger charge is -2.34. The fraction of sp³-hybridized carbons (Fsp3) is 0.250. The van der Waals surface area contributed by atoms with Crippen molar-refractivity contribution >= 4 is 17.1 Å². The van der Waals surface area contributed by atoms with Gasteiger partial charge in [-0.3, -0.25) is 9.67 Å². The molecule has 3 aromatic rings. The Morgan fingerprint density at radius 1 is 1.22 bits per heavy atom. The van der Waals surface area contributed by atoms with Gasteiger partial charge in [0.1, 0.15) is 6.10 Å². The summed E-state index contributed by atoms with van der Waals surface area (Å²) in [6.07, 6.45) is 6.11. The molecule has 4 rings (SSSR count). The predicted octanol–water partition coefficient (Wildman–Crippen LogP) is 2.29. The summed E-state index contributed by atoms with van der Waals surface area (Å²) in [4.78, 5) is 19.7. The van der Waals surface area contributed by atoms with Gasteiger partial charge in [-0.2, -0.15) is 5.10 Å². The highest BCUT2D eigenvalue weighted by Crippen LogP contribution is 2.34. The molecule has 1 aromatic carbocycles. The van der Waals surface area contributed by atoms with Gasteiger partial charge in [0.2, 0.25) is 0 Å². The van der Waals surface area contributed by atoms with E-state index in [1.165, 1.54) is 0 Å². The molecule has 2 aromatic heterocycles. The monoisotopic (exact) mass is 309 g/mol. The van der Waals surface area contributed by atoms with E-state index >= 15 is 0 Å². The van der Waals surface area contributed by atoms with Crippen molar-refractivity contribution < 1.29 is 9.53 Å². The fourth-order valence-electron chi connectivity index (χ4n) is 2.78. The number of nitrogens with zero attached hydrogens (tertiary/aromatic N) is 4. The largest absolute Gasteiger partial charge is 0.446 e. The minimum atomic E-state index is -0.721. The molecule has 2 N–H and O–H groups in total. The van der Waals surface area contributed by atoms with Crippen LogP contribution in [0.4, 0.5) is 4.79 Å². The van der Waals surface area contributed by atoms with E-state index in [0.29, 0.717) is 0 Å². The van der Waals surface area contributed by atoms with Gasteiger partial charge < -0.3 is 10.5 Å². The van der Waals surface area contributed by atoms with Gasteiger partial charge in [0.25, 0.3) is 0 Å². The molecule has 1 aliphatic carbocycles. The minimum absolute atomic E-state index is 0.106. The standard InChI is InChI=1S/C16H15N5O2/c17-16(22)23-12-5-11(6-12)21-9-10(7-19-21)15-8-18-13-3-1-2-4-14(13)20-15/h1-4,7-9,11-12H,5-6H2,(H2,17,22). The molecule has 1 amide bonds. The molecule has 23 heavy (non-hydrogen) atoms. The number of benzene rings is 1. The molecule has 0 atom stereocenters. The van der Waals surface area contributed by atoms with Crippen LogP contribution in [0, 0.1) is 0 Å². The minimum Gasteiger partial charge on any atom is -0.446 e. The molecule has 116 valence electrons. The van der Waals surface area contributed by atoms with Crippen LogP contribution in [-0.4, -0.2) is 31.9 Å². The second kappa shape index (κ2) is 5.35. The Morgan fingerprint density at radius 2 is 2.00 bits per heavy atom. The zero-order chi connectivity index (χ0) is 15.8. The molecule has 1 saturated carbocycles. The van der Waals surface area contributed by atoms with Crippen LogP contribution in [0.15, 0.2) is 42.9 Å². The second-order valence-corrected chi connectivity index (χ2v) is 5.64. The van der Waals surface area contributed by atoms with Crippen LogP contribution in [0.2, 0.25) is 0 Å². The van der Waals surface area contributed by atoms with Gasteiger partial charge in [-0.1, -0.05) is 12.1 Å². The Balaban J connectivity index is 1.52. The molecular weight excluding hydrogens is 294 g/mol. The highest BCUT2D eigenvalue weighted by Gasteiger charge is 2.33. The number of carbonyl (C=O) groups excluding carboxylic acids is 1. The number of para-hydroxylation sites is 2. The number of aromatic nitrogens is 4. The van der Waals surface area contributed by atoms with Gasteiger partial charge in [-0.05, 0) is 12.1 Å². The molecular formula is C16H15N5O2. The molecule has 0 unspecified atom stereocenters. The molecule has 0 bridgehead atoms. The first-order valence-corrected chi connectivity index (χ1v) is 7.41. The van der Waals surface area contributed by atoms with E-state index in [0.717, 1.165) is 35.1 Å². The summed E-state index contributed by atoms with van der Waals surface area (Å²) < 4.78 is 6.83. The summed E-state index contributed by atoms with van der Waals surface area (Å²) in [5.41, 5.74) is 8.45. The number of primary amides is 1. The van der Waals surface area contributed by atoms with Gasteiger partial charge in [-0.25, -0.2) is 9.78 Å². The van der Waals surface area contributed by atoms with E-state index in [9.17, 15) is 4.79 Å². The van der Waals surface area contributed by atoms with Crippen molar-refractivity contribution in [3.63, 3.8) is 0 Å². The Kier molecular flexibility index (Phi) is 3.18. The predicted molar refractivity (Wildman–Crippen MR) is 83.5 cm³/mol. The van der Waals surface area contributed by atoms with E-state index in [4.69, 9.17) is 10.5 Å². The molecule has 7 nitrogen and oxygen atoms in total. The quantitative estimate of drug-likeness (QED) is 0.800. The van der Waals surface area contributed by atoms with Crippen LogP contribution in [-0.2, 0) is 4.74 Å². The maximum Gasteiger partial charge on any atom is 0.404 e. The number of hydrogen-bond donors (Lipinski definition) is 1. The van der Waals surface area contributed by atoms with Gasteiger partial charge in [0.05, 0.1) is 35.2 Å². The summed E-state index contributed by atoms with van der Waals surface area (Å²) >= 11 is 0. The van der Waals surface area contributed by atoms with Crippen molar-refractivity contribution in [3.05, 3.63) is 42.9 Å². The Bertz CT molecular complexity index is 870. The SMILES string of the molecule is NC(=O)OC1CC(n2cc(-c3cnc4ccccc4n3)cn2)C1. The van der Waals surface area contributed by atoms with Crippen LogP contribution < -0.4 is 5.73 Å². The van der Waals surface area contributed by atoms with Gasteiger partial charge in [0.15, 0.2) is 0 Å². The van der Waals surface area contributed by atoms with Crippen molar-refractivity contribution in [2.24, 2.45) is 5.73 Å². The fourth-order valence-corrected chi connectivity index (χ4v) is 2.78. The summed E-state index contributed by atoms with van der Waals surface area (Å²) in [7, 11) is 0. The van der Waals surface area contributed by atoms with E-state index in [1.54, 1.807) is 12.4 Å². The van der Waals surface area contributed by atoms with E-state index in [1.807, 2.05) is 35.1 Å². The summed E-state index contributed by atoms with van der Waals surface area (Å²) in [5, 5.41) is 4.39. The average molecular weight is 309 g/mol. The Morgan fingerprint density at radius 3 is 2.78 bits per heavy atom.